The number of pyridine rings is 1. The van der Waals surface area contributed by atoms with Crippen molar-refractivity contribution in [1.29, 1.82) is 5.26 Å². The summed E-state index contributed by atoms with van der Waals surface area (Å²) in [6.45, 7) is 0. The summed E-state index contributed by atoms with van der Waals surface area (Å²) in [7, 11) is 0. The molecule has 0 aliphatic heterocycles. The lowest BCUT2D eigenvalue weighted by Gasteiger charge is -2.29. The fourth-order valence-electron chi connectivity index (χ4n) is 16.2. The van der Waals surface area contributed by atoms with Crippen LogP contribution in [-0.2, 0) is 0 Å². The molecule has 20 aromatic rings. The molecule has 0 radical (unpaired) electrons. The van der Waals surface area contributed by atoms with E-state index >= 15 is 0 Å². The van der Waals surface area contributed by atoms with E-state index in [1.165, 1.54) is 0 Å². The SMILES string of the molecule is N#Cc1c(-n2c3ccccc3c3cc(-c4ccccc4)ccc32)c(-c2cc(-c3ccccc3)nc(-c3ccccc3)c2)c(-n2c3ccccc3c3cc(-c4ccccc4)ccc32)c(-n2c3ccccc3c3cc(-c4ccccc4)ccc32)c1-n1c2ccccc2c2cc(-c3ccccc3)ccc21. The molecule has 0 N–H and O–H groups in total. The van der Waals surface area contributed by atoms with Crippen LogP contribution in [0.3, 0.4) is 0 Å². The Morgan fingerprint density at radius 1 is 0.196 bits per heavy atom. The average molecular weight is 1300 g/mol. The van der Waals surface area contributed by atoms with Gasteiger partial charge in [-0.3, -0.25) is 0 Å². The van der Waals surface area contributed by atoms with Gasteiger partial charge in [-0.2, -0.15) is 5.26 Å². The summed E-state index contributed by atoms with van der Waals surface area (Å²) in [5.74, 6) is 0. The molecular formula is C96H60N6. The van der Waals surface area contributed by atoms with E-state index in [0.29, 0.717) is 5.56 Å². The Morgan fingerprint density at radius 2 is 0.451 bits per heavy atom. The highest BCUT2D eigenvalue weighted by atomic mass is 15.1. The zero-order chi connectivity index (χ0) is 67.4. The van der Waals surface area contributed by atoms with Gasteiger partial charge in [0, 0.05) is 59.8 Å². The second kappa shape index (κ2) is 23.7. The van der Waals surface area contributed by atoms with Gasteiger partial charge in [0.2, 0.25) is 0 Å². The van der Waals surface area contributed by atoms with Crippen LogP contribution in [0.5, 0.6) is 0 Å². The molecule has 5 aromatic heterocycles. The van der Waals surface area contributed by atoms with Crippen molar-refractivity contribution in [3.05, 3.63) is 370 Å². The fourth-order valence-corrected chi connectivity index (χ4v) is 16.2. The third kappa shape index (κ3) is 9.23. The number of nitriles is 1. The first-order valence-electron chi connectivity index (χ1n) is 34.7. The largest absolute Gasteiger partial charge is 0.307 e. The predicted octanol–water partition coefficient (Wildman–Crippen LogP) is 25.0. The smallest absolute Gasteiger partial charge is 0.104 e. The minimum Gasteiger partial charge on any atom is -0.307 e. The number of rotatable bonds is 11. The van der Waals surface area contributed by atoms with Crippen molar-refractivity contribution in [1.82, 2.24) is 23.3 Å². The summed E-state index contributed by atoms with van der Waals surface area (Å²) in [5, 5.41) is 22.2. The minimum atomic E-state index is 0.478. The second-order valence-corrected chi connectivity index (χ2v) is 26.4. The van der Waals surface area contributed by atoms with Crippen molar-refractivity contribution in [2.75, 3.05) is 0 Å². The normalized spacial score (nSPS) is 11.7. The number of fused-ring (bicyclic) bond motifs is 12. The molecule has 0 atom stereocenters. The van der Waals surface area contributed by atoms with Crippen molar-refractivity contribution >= 4 is 87.2 Å². The van der Waals surface area contributed by atoms with Gasteiger partial charge in [-0.05, 0) is 135 Å². The molecule has 102 heavy (non-hydrogen) atoms. The molecule has 0 fully saturated rings. The van der Waals surface area contributed by atoms with Crippen LogP contribution in [0.15, 0.2) is 364 Å². The molecule has 15 aromatic carbocycles. The molecule has 6 nitrogen and oxygen atoms in total. The van der Waals surface area contributed by atoms with E-state index in [-0.39, 0.29) is 0 Å². The molecule has 5 heterocycles. The molecule has 0 amide bonds. The molecule has 6 heteroatoms. The van der Waals surface area contributed by atoms with Crippen LogP contribution in [0.2, 0.25) is 0 Å². The summed E-state index contributed by atoms with van der Waals surface area (Å²) in [5.41, 5.74) is 25.5. The molecule has 0 bridgehead atoms. The maximum atomic E-state index is 13.6. The highest BCUT2D eigenvalue weighted by Crippen LogP contribution is 2.53. The van der Waals surface area contributed by atoms with Crippen LogP contribution in [-0.4, -0.2) is 23.3 Å². The van der Waals surface area contributed by atoms with Gasteiger partial charge in [0.05, 0.1) is 78.3 Å². The molecule has 474 valence electrons. The molecule has 20 rings (SSSR count). The summed E-state index contributed by atoms with van der Waals surface area (Å²) in [6.07, 6.45) is 0. The van der Waals surface area contributed by atoms with Crippen molar-refractivity contribution < 1.29 is 0 Å². The highest BCUT2D eigenvalue weighted by Gasteiger charge is 2.36. The van der Waals surface area contributed by atoms with E-state index in [1.54, 1.807) is 0 Å². The molecule has 0 spiro atoms. The van der Waals surface area contributed by atoms with Crippen LogP contribution in [0, 0.1) is 11.3 Å². The van der Waals surface area contributed by atoms with E-state index in [4.69, 9.17) is 4.98 Å². The monoisotopic (exact) mass is 1300 g/mol. The van der Waals surface area contributed by atoms with Crippen LogP contribution < -0.4 is 0 Å². The predicted molar refractivity (Wildman–Crippen MR) is 424 cm³/mol. The number of nitrogens with zero attached hydrogens (tertiary/aromatic N) is 6. The van der Waals surface area contributed by atoms with Crippen LogP contribution in [0.1, 0.15) is 5.56 Å². The Labute approximate surface area is 588 Å². The molecule has 0 unspecified atom stereocenters. The average Bonchev–Trinajstić information content (AvgIpc) is 1.45. The van der Waals surface area contributed by atoms with Gasteiger partial charge in [0.1, 0.15) is 11.6 Å². The number of aromatic nitrogens is 5. The van der Waals surface area contributed by atoms with Crippen LogP contribution in [0.25, 0.3) is 188 Å². The first-order valence-corrected chi connectivity index (χ1v) is 34.7. The van der Waals surface area contributed by atoms with E-state index in [0.717, 1.165) is 188 Å². The Bertz CT molecular complexity index is 6720. The maximum absolute atomic E-state index is 13.6. The number of benzene rings is 15. The topological polar surface area (TPSA) is 56.4 Å². The first-order chi connectivity index (χ1) is 50.6. The number of para-hydroxylation sites is 4. The highest BCUT2D eigenvalue weighted by molar-refractivity contribution is 6.18. The van der Waals surface area contributed by atoms with Gasteiger partial charge in [-0.1, -0.05) is 279 Å². The van der Waals surface area contributed by atoms with Gasteiger partial charge in [-0.25, -0.2) is 4.98 Å². The standard InChI is InChI=1S/C96H60N6/c97-61-81-93(99-84-43-23-19-39-73(84)77-55-68(47-51-88(77)99)62-27-7-1-8-28-62)92(72-59-82(66-35-15-5-16-36-66)98-83(60-72)67-37-17-6-18-38-67)95(101-86-45-25-21-41-75(86)79-57-70(49-53-90(79)101)64-31-11-3-12-32-64)96(102-87-46-26-22-42-76(87)80-58-71(50-54-91(80)102)65-33-13-4-14-34-65)94(81)100-85-44-24-20-40-74(85)78-56-69(48-52-89(78)100)63-29-9-2-10-30-63/h1-60H. The third-order valence-electron chi connectivity index (χ3n) is 20.8. The minimum absolute atomic E-state index is 0.478. The van der Waals surface area contributed by atoms with E-state index in [2.05, 4.69) is 388 Å². The Morgan fingerprint density at radius 3 is 0.765 bits per heavy atom. The van der Waals surface area contributed by atoms with Gasteiger partial charge in [-0.15, -0.1) is 0 Å². The van der Waals surface area contributed by atoms with Crippen LogP contribution >= 0.6 is 0 Å². The Kier molecular flexibility index (Phi) is 13.6. The van der Waals surface area contributed by atoms with Gasteiger partial charge < -0.3 is 18.3 Å². The Hall–Kier alpha value is -13.9. The Balaban J connectivity index is 1.08. The van der Waals surface area contributed by atoms with Gasteiger partial charge >= 0.3 is 0 Å². The van der Waals surface area contributed by atoms with Gasteiger partial charge in [0.15, 0.2) is 0 Å². The van der Waals surface area contributed by atoms with Crippen molar-refractivity contribution in [3.8, 4) is 107 Å². The lowest BCUT2D eigenvalue weighted by atomic mass is 9.91. The lowest BCUT2D eigenvalue weighted by Crippen LogP contribution is -2.16. The number of hydrogen-bond acceptors (Lipinski definition) is 2. The fraction of sp³-hybridized carbons (Fsp3) is 0. The second-order valence-electron chi connectivity index (χ2n) is 26.4. The zero-order valence-corrected chi connectivity index (χ0v) is 55.3. The van der Waals surface area contributed by atoms with Gasteiger partial charge in [0.25, 0.3) is 0 Å². The zero-order valence-electron chi connectivity index (χ0n) is 55.3. The summed E-state index contributed by atoms with van der Waals surface area (Å²) in [6, 6.07) is 135. The molecule has 0 aliphatic carbocycles. The molecule has 0 saturated heterocycles. The molecular weight excluding hydrogens is 1240 g/mol. The van der Waals surface area contributed by atoms with Crippen LogP contribution in [0.4, 0.5) is 0 Å². The first kappa shape index (κ1) is 58.3. The molecule has 0 aliphatic rings. The van der Waals surface area contributed by atoms with Crippen molar-refractivity contribution in [2.24, 2.45) is 0 Å². The van der Waals surface area contributed by atoms with E-state index in [1.807, 2.05) is 0 Å². The maximum Gasteiger partial charge on any atom is 0.104 e. The summed E-state index contributed by atoms with van der Waals surface area (Å²) >= 11 is 0. The molecule has 0 saturated carbocycles. The summed E-state index contributed by atoms with van der Waals surface area (Å²) < 4.78 is 9.91. The van der Waals surface area contributed by atoms with E-state index in [9.17, 15) is 5.26 Å². The third-order valence-corrected chi connectivity index (χ3v) is 20.8. The van der Waals surface area contributed by atoms with E-state index < -0.39 is 0 Å². The lowest BCUT2D eigenvalue weighted by molar-refractivity contribution is 1.03. The van der Waals surface area contributed by atoms with Crippen molar-refractivity contribution in [3.63, 3.8) is 0 Å². The number of hydrogen-bond donors (Lipinski definition) is 0. The summed E-state index contributed by atoms with van der Waals surface area (Å²) in [4.78, 5) is 5.66. The van der Waals surface area contributed by atoms with Crippen molar-refractivity contribution in [2.45, 2.75) is 0 Å². The quantitative estimate of drug-likeness (QED) is 0.130.